The Bertz CT molecular complexity index is 1180. The first-order valence-corrected chi connectivity index (χ1v) is 9.74. The number of amides is 1. The molecule has 0 radical (unpaired) electrons. The zero-order valence-corrected chi connectivity index (χ0v) is 17.4. The highest BCUT2D eigenvalue weighted by atomic mass is 19.4. The van der Waals surface area contributed by atoms with Gasteiger partial charge in [0.1, 0.15) is 0 Å². The molecular weight excluding hydrogens is 431 g/mol. The molecule has 172 valence electrons. The highest BCUT2D eigenvalue weighted by Crippen LogP contribution is 2.35. The van der Waals surface area contributed by atoms with Gasteiger partial charge in [-0.25, -0.2) is 0 Å². The van der Waals surface area contributed by atoms with Crippen molar-refractivity contribution in [2.45, 2.75) is 33.5 Å². The lowest BCUT2D eigenvalue weighted by Crippen LogP contribution is -2.35. The molecule has 0 fully saturated rings. The number of carbonyl (C=O) groups is 1. The minimum atomic E-state index is -4.59. The number of rotatable bonds is 5. The first-order valence-electron chi connectivity index (χ1n) is 9.74. The van der Waals surface area contributed by atoms with Crippen LogP contribution in [0.15, 0.2) is 54.7 Å². The zero-order chi connectivity index (χ0) is 23.5. The number of aliphatic hydroxyl groups excluding tert-OH is 1. The third-order valence-corrected chi connectivity index (χ3v) is 4.83. The molecule has 0 aliphatic carbocycles. The molecule has 33 heavy (non-hydrogen) atoms. The van der Waals surface area contributed by atoms with E-state index < -0.39 is 23.7 Å². The second-order valence-corrected chi connectivity index (χ2v) is 7.45. The van der Waals surface area contributed by atoms with Gasteiger partial charge in [-0.2, -0.15) is 18.4 Å². The van der Waals surface area contributed by atoms with Gasteiger partial charge >= 0.3 is 6.18 Å². The molecule has 8 heteroatoms. The number of hydrogen-bond acceptors (Lipinski definition) is 4. The van der Waals surface area contributed by atoms with E-state index in [9.17, 15) is 28.3 Å². The molecule has 0 aliphatic rings. The third-order valence-electron chi connectivity index (χ3n) is 4.83. The number of aryl methyl sites for hydroxylation is 1. The Hall–Kier alpha value is -3.70. The minimum absolute atomic E-state index is 0. The lowest BCUT2D eigenvalue weighted by Gasteiger charge is -2.15. The summed E-state index contributed by atoms with van der Waals surface area (Å²) in [6.07, 6.45) is -2.95. The lowest BCUT2D eigenvalue weighted by atomic mass is 9.93. The number of nitriles is 1. The highest BCUT2D eigenvalue weighted by molar-refractivity contribution is 5.97. The van der Waals surface area contributed by atoms with Gasteiger partial charge in [0.2, 0.25) is 0 Å². The first kappa shape index (κ1) is 25.6. The van der Waals surface area contributed by atoms with Crippen LogP contribution in [0.1, 0.15) is 41.4 Å². The number of nitrogens with one attached hydrogen (secondary N) is 1. The Balaban J connectivity index is 0.00000385. The molecule has 0 bridgehead atoms. The summed E-state index contributed by atoms with van der Waals surface area (Å²) in [6, 6.07) is 12.4. The largest absolute Gasteiger partial charge is 0.416 e. The summed E-state index contributed by atoms with van der Waals surface area (Å²) in [5, 5.41) is 21.3. The standard InChI is InChI=1S/C24H20F3N3O2.CH4/c1-14-3-6-22(29-12-14)18-7-17(8-19(9-18)23(32)30-15(2)13-31)21-10-20(24(25,26)27)5-4-16(21)11-28;/h3-10,12,15,31H,13H2,1-2H3,(H,30,32);1H4/t15-;/m0./s1. The topological polar surface area (TPSA) is 86.0 Å². The van der Waals surface area contributed by atoms with Crippen molar-refractivity contribution in [3.8, 4) is 28.5 Å². The number of alkyl halides is 3. The van der Waals surface area contributed by atoms with Crippen LogP contribution in [0.5, 0.6) is 0 Å². The van der Waals surface area contributed by atoms with Crippen LogP contribution in [-0.4, -0.2) is 28.6 Å². The maximum atomic E-state index is 13.3. The molecule has 2 N–H and O–H groups in total. The third kappa shape index (κ3) is 5.96. The number of aliphatic hydroxyl groups is 1. The molecule has 5 nitrogen and oxygen atoms in total. The zero-order valence-electron chi connectivity index (χ0n) is 17.4. The average molecular weight is 455 g/mol. The van der Waals surface area contributed by atoms with E-state index in [-0.39, 0.29) is 36.3 Å². The molecule has 1 atom stereocenters. The van der Waals surface area contributed by atoms with Crippen LogP contribution in [0, 0.1) is 18.3 Å². The average Bonchev–Trinajstić information content (AvgIpc) is 2.78. The fourth-order valence-corrected chi connectivity index (χ4v) is 3.11. The number of pyridine rings is 1. The molecule has 3 rings (SSSR count). The van der Waals surface area contributed by atoms with Crippen molar-refractivity contribution >= 4 is 5.91 Å². The van der Waals surface area contributed by atoms with Crippen molar-refractivity contribution in [2.75, 3.05) is 6.61 Å². The van der Waals surface area contributed by atoms with Gasteiger partial charge in [-0.1, -0.05) is 13.5 Å². The van der Waals surface area contributed by atoms with Gasteiger partial charge in [-0.05, 0) is 67.4 Å². The minimum Gasteiger partial charge on any atom is -0.394 e. The summed E-state index contributed by atoms with van der Waals surface area (Å²) in [6.45, 7) is 3.21. The van der Waals surface area contributed by atoms with Crippen molar-refractivity contribution in [3.05, 3.63) is 77.0 Å². The van der Waals surface area contributed by atoms with E-state index in [2.05, 4.69) is 10.3 Å². The SMILES string of the molecule is C.Cc1ccc(-c2cc(C(=O)N[C@@H](C)CO)cc(-c3cc(C(F)(F)F)ccc3C#N)c2)nc1. The Labute approximate surface area is 190 Å². The maximum Gasteiger partial charge on any atom is 0.416 e. The molecule has 0 saturated carbocycles. The molecule has 1 aromatic heterocycles. The van der Waals surface area contributed by atoms with Crippen LogP contribution in [0.3, 0.4) is 0 Å². The van der Waals surface area contributed by atoms with Gasteiger partial charge < -0.3 is 10.4 Å². The van der Waals surface area contributed by atoms with Crippen LogP contribution in [-0.2, 0) is 6.18 Å². The number of aromatic nitrogens is 1. The quantitative estimate of drug-likeness (QED) is 0.542. The molecule has 2 aromatic carbocycles. The molecule has 1 heterocycles. The van der Waals surface area contributed by atoms with E-state index in [1.54, 1.807) is 31.3 Å². The predicted molar refractivity (Wildman–Crippen MR) is 120 cm³/mol. The van der Waals surface area contributed by atoms with E-state index in [4.69, 9.17) is 0 Å². The Morgan fingerprint density at radius 3 is 2.42 bits per heavy atom. The molecule has 0 saturated heterocycles. The summed E-state index contributed by atoms with van der Waals surface area (Å²) < 4.78 is 39.9. The summed E-state index contributed by atoms with van der Waals surface area (Å²) >= 11 is 0. The maximum absolute atomic E-state index is 13.3. The van der Waals surface area contributed by atoms with Crippen molar-refractivity contribution in [1.29, 1.82) is 5.26 Å². The summed E-state index contributed by atoms with van der Waals surface area (Å²) in [5.74, 6) is -0.507. The van der Waals surface area contributed by atoms with Crippen molar-refractivity contribution < 1.29 is 23.1 Å². The molecule has 0 spiro atoms. The highest BCUT2D eigenvalue weighted by Gasteiger charge is 2.31. The second-order valence-electron chi connectivity index (χ2n) is 7.45. The van der Waals surface area contributed by atoms with Gasteiger partial charge in [0, 0.05) is 28.9 Å². The molecule has 0 unspecified atom stereocenters. The molecule has 3 aromatic rings. The number of nitrogens with zero attached hydrogens (tertiary/aromatic N) is 2. The fraction of sp³-hybridized carbons (Fsp3) is 0.240. The number of carbonyl (C=O) groups excluding carboxylic acids is 1. The van der Waals surface area contributed by atoms with Crippen molar-refractivity contribution in [2.24, 2.45) is 0 Å². The molecular formula is C25H24F3N3O2. The molecule has 1 amide bonds. The lowest BCUT2D eigenvalue weighted by molar-refractivity contribution is -0.137. The monoisotopic (exact) mass is 455 g/mol. The summed E-state index contributed by atoms with van der Waals surface area (Å²) in [7, 11) is 0. The van der Waals surface area contributed by atoms with Crippen molar-refractivity contribution in [1.82, 2.24) is 10.3 Å². The smallest absolute Gasteiger partial charge is 0.394 e. The second kappa shape index (κ2) is 10.3. The van der Waals surface area contributed by atoms with Gasteiger partial charge in [0.25, 0.3) is 5.91 Å². The van der Waals surface area contributed by atoms with Crippen LogP contribution < -0.4 is 5.32 Å². The Morgan fingerprint density at radius 1 is 1.15 bits per heavy atom. The number of benzene rings is 2. The van der Waals surface area contributed by atoms with E-state index in [0.29, 0.717) is 11.3 Å². The number of hydrogen-bond donors (Lipinski definition) is 2. The summed E-state index contributed by atoms with van der Waals surface area (Å²) in [4.78, 5) is 17.1. The van der Waals surface area contributed by atoms with Gasteiger partial charge in [-0.3, -0.25) is 9.78 Å². The van der Waals surface area contributed by atoms with E-state index >= 15 is 0 Å². The van der Waals surface area contributed by atoms with Crippen LogP contribution in [0.4, 0.5) is 13.2 Å². The van der Waals surface area contributed by atoms with Gasteiger partial charge in [0.05, 0.1) is 29.5 Å². The number of halogens is 3. The Kier molecular flexibility index (Phi) is 7.96. The van der Waals surface area contributed by atoms with E-state index in [1.165, 1.54) is 6.07 Å². The first-order chi connectivity index (χ1) is 15.1. The predicted octanol–water partition coefficient (Wildman–Crippen LogP) is 5.36. The van der Waals surface area contributed by atoms with Gasteiger partial charge in [0.15, 0.2) is 0 Å². The van der Waals surface area contributed by atoms with Crippen LogP contribution in [0.2, 0.25) is 0 Å². The summed E-state index contributed by atoms with van der Waals surface area (Å²) in [5.41, 5.74) is 1.59. The van der Waals surface area contributed by atoms with Gasteiger partial charge in [-0.15, -0.1) is 0 Å². The van der Waals surface area contributed by atoms with Crippen molar-refractivity contribution in [3.63, 3.8) is 0 Å². The van der Waals surface area contributed by atoms with E-state index in [1.807, 2.05) is 19.1 Å². The molecule has 0 aliphatic heterocycles. The normalized spacial score (nSPS) is 11.8. The fourth-order valence-electron chi connectivity index (χ4n) is 3.11. The van der Waals surface area contributed by atoms with Crippen LogP contribution >= 0.6 is 0 Å². The Morgan fingerprint density at radius 2 is 1.85 bits per heavy atom. The van der Waals surface area contributed by atoms with E-state index in [0.717, 1.165) is 23.8 Å². The van der Waals surface area contributed by atoms with Crippen LogP contribution in [0.25, 0.3) is 22.4 Å².